The molecule has 1 aliphatic heterocycles. The van der Waals surface area contributed by atoms with E-state index in [-0.39, 0.29) is 6.03 Å². The molecule has 11 heteroatoms. The highest BCUT2D eigenvalue weighted by Crippen LogP contribution is 2.34. The molecular weight excluding hydrogens is 436 g/mol. The van der Waals surface area contributed by atoms with Gasteiger partial charge in [0.1, 0.15) is 0 Å². The summed E-state index contributed by atoms with van der Waals surface area (Å²) >= 11 is 1.56. The van der Waals surface area contributed by atoms with E-state index < -0.39 is 10.0 Å². The van der Waals surface area contributed by atoms with Gasteiger partial charge in [0.2, 0.25) is 16.0 Å². The van der Waals surface area contributed by atoms with Gasteiger partial charge in [0.15, 0.2) is 0 Å². The highest BCUT2D eigenvalue weighted by molar-refractivity contribution is 7.92. The first-order valence-corrected chi connectivity index (χ1v) is 12.4. The van der Waals surface area contributed by atoms with Gasteiger partial charge in [0.05, 0.1) is 16.8 Å². The molecule has 0 radical (unpaired) electrons. The van der Waals surface area contributed by atoms with E-state index in [9.17, 15) is 13.2 Å². The molecule has 162 valence electrons. The van der Waals surface area contributed by atoms with E-state index in [1.165, 1.54) is 0 Å². The number of hydrogen-bond donors (Lipinski definition) is 3. The van der Waals surface area contributed by atoms with Crippen LogP contribution in [0.25, 0.3) is 21.7 Å². The Bertz CT molecular complexity index is 1180. The number of amides is 2. The Balaban J connectivity index is 1.59. The lowest BCUT2D eigenvalue weighted by Gasteiger charge is -2.15. The predicted octanol–water partition coefficient (Wildman–Crippen LogP) is 2.68. The smallest absolute Gasteiger partial charge is 0.317 e. The van der Waals surface area contributed by atoms with E-state index in [0.717, 1.165) is 28.0 Å². The Morgan fingerprint density at radius 1 is 1.26 bits per heavy atom. The van der Waals surface area contributed by atoms with Gasteiger partial charge in [0, 0.05) is 43.6 Å². The van der Waals surface area contributed by atoms with E-state index in [1.807, 2.05) is 23.6 Å². The van der Waals surface area contributed by atoms with Crippen LogP contribution in [-0.2, 0) is 10.0 Å². The zero-order chi connectivity index (χ0) is 21.8. The van der Waals surface area contributed by atoms with Crippen molar-refractivity contribution < 1.29 is 13.2 Å². The molecule has 0 unspecified atom stereocenters. The van der Waals surface area contributed by atoms with Gasteiger partial charge in [-0.1, -0.05) is 18.2 Å². The maximum atomic E-state index is 11.7. The van der Waals surface area contributed by atoms with Gasteiger partial charge >= 0.3 is 6.03 Å². The van der Waals surface area contributed by atoms with Crippen LogP contribution in [0.4, 0.5) is 16.4 Å². The number of rotatable bonds is 8. The van der Waals surface area contributed by atoms with E-state index in [0.29, 0.717) is 37.8 Å². The first kappa shape index (κ1) is 21.1. The van der Waals surface area contributed by atoms with Crippen LogP contribution in [0.3, 0.4) is 0 Å². The molecule has 1 aromatic carbocycles. The summed E-state index contributed by atoms with van der Waals surface area (Å²) in [6, 6.07) is 11.0. The summed E-state index contributed by atoms with van der Waals surface area (Å²) in [5.41, 5.74) is 2.83. The molecule has 3 aromatic rings. The molecule has 0 bridgehead atoms. The summed E-state index contributed by atoms with van der Waals surface area (Å²) < 4.78 is 25.7. The first-order valence-electron chi connectivity index (χ1n) is 9.65. The molecule has 2 amide bonds. The highest BCUT2D eigenvalue weighted by atomic mass is 32.2. The fourth-order valence-corrected chi connectivity index (χ4v) is 4.55. The molecule has 0 aliphatic carbocycles. The number of thiophene rings is 1. The van der Waals surface area contributed by atoms with Crippen molar-refractivity contribution >= 4 is 39.0 Å². The van der Waals surface area contributed by atoms with Crippen molar-refractivity contribution in [3.63, 3.8) is 0 Å². The van der Waals surface area contributed by atoms with Crippen LogP contribution in [0.2, 0.25) is 0 Å². The van der Waals surface area contributed by atoms with Gasteiger partial charge in [-0.05, 0) is 29.1 Å². The number of anilines is 2. The van der Waals surface area contributed by atoms with Crippen LogP contribution in [0.1, 0.15) is 0 Å². The van der Waals surface area contributed by atoms with Gasteiger partial charge < -0.3 is 15.5 Å². The summed E-state index contributed by atoms with van der Waals surface area (Å²) in [7, 11) is -3.38. The second kappa shape index (κ2) is 8.90. The molecule has 1 saturated heterocycles. The van der Waals surface area contributed by atoms with E-state index in [2.05, 4.69) is 20.3 Å². The number of urea groups is 1. The highest BCUT2D eigenvalue weighted by Gasteiger charge is 2.19. The third-order valence-electron chi connectivity index (χ3n) is 4.63. The SMILES string of the molecule is CS(=O)(=O)Nc1cccc(-c2cnc(NCCN3CCNC3=O)nc2-c2cccs2)c1. The minimum Gasteiger partial charge on any atom is -0.352 e. The lowest BCUT2D eigenvalue weighted by Crippen LogP contribution is -2.32. The van der Waals surface area contributed by atoms with Gasteiger partial charge in [-0.3, -0.25) is 4.72 Å². The standard InChI is InChI=1S/C20H22N6O3S2/c1-31(28,29)25-15-5-2-4-14(12-15)16-13-23-19(24-18(16)17-6-3-11-30-17)21-7-9-26-10-8-22-20(26)27/h2-6,11-13,25H,7-10H2,1H3,(H,22,27)(H,21,23,24). The van der Waals surface area contributed by atoms with Crippen molar-refractivity contribution in [2.45, 2.75) is 0 Å². The lowest BCUT2D eigenvalue weighted by molar-refractivity contribution is 0.219. The number of carbonyl (C=O) groups is 1. The predicted molar refractivity (Wildman–Crippen MR) is 123 cm³/mol. The number of sulfonamides is 1. The number of benzene rings is 1. The number of aromatic nitrogens is 2. The molecule has 0 saturated carbocycles. The summed E-state index contributed by atoms with van der Waals surface area (Å²) in [6.07, 6.45) is 2.85. The maximum absolute atomic E-state index is 11.7. The van der Waals surface area contributed by atoms with E-state index in [4.69, 9.17) is 4.98 Å². The number of nitrogens with zero attached hydrogens (tertiary/aromatic N) is 3. The Morgan fingerprint density at radius 3 is 2.84 bits per heavy atom. The number of nitrogens with one attached hydrogen (secondary N) is 3. The molecule has 0 atom stereocenters. The lowest BCUT2D eigenvalue weighted by atomic mass is 10.0. The zero-order valence-corrected chi connectivity index (χ0v) is 18.5. The topological polar surface area (TPSA) is 116 Å². The van der Waals surface area contributed by atoms with Crippen molar-refractivity contribution in [2.24, 2.45) is 0 Å². The third kappa shape index (κ3) is 5.30. The number of hydrogen-bond acceptors (Lipinski definition) is 7. The average Bonchev–Trinajstić information content (AvgIpc) is 3.39. The van der Waals surface area contributed by atoms with Crippen molar-refractivity contribution in [2.75, 3.05) is 42.5 Å². The average molecular weight is 459 g/mol. The molecule has 0 spiro atoms. The molecule has 4 rings (SSSR count). The van der Waals surface area contributed by atoms with Crippen LogP contribution >= 0.6 is 11.3 Å². The van der Waals surface area contributed by atoms with Crippen molar-refractivity contribution in [3.8, 4) is 21.7 Å². The minimum absolute atomic E-state index is 0.0556. The van der Waals surface area contributed by atoms with Crippen LogP contribution in [-0.4, -0.2) is 61.8 Å². The fourth-order valence-electron chi connectivity index (χ4n) is 3.27. The van der Waals surface area contributed by atoms with Gasteiger partial charge in [-0.15, -0.1) is 11.3 Å². The Hall–Kier alpha value is -3.18. The van der Waals surface area contributed by atoms with Gasteiger partial charge in [0.25, 0.3) is 0 Å². The van der Waals surface area contributed by atoms with Crippen LogP contribution in [0.15, 0.2) is 48.0 Å². The summed E-state index contributed by atoms with van der Waals surface area (Å²) in [4.78, 5) is 23.5. The van der Waals surface area contributed by atoms with Gasteiger partial charge in [-0.2, -0.15) is 0 Å². The van der Waals surface area contributed by atoms with Crippen LogP contribution < -0.4 is 15.4 Å². The van der Waals surface area contributed by atoms with E-state index >= 15 is 0 Å². The third-order valence-corrected chi connectivity index (χ3v) is 6.11. The normalized spacial score (nSPS) is 13.8. The fraction of sp³-hybridized carbons (Fsp3) is 0.250. The molecule has 1 aliphatic rings. The Labute approximate surface area is 184 Å². The van der Waals surface area contributed by atoms with Gasteiger partial charge in [-0.25, -0.2) is 23.2 Å². The Kier molecular flexibility index (Phi) is 6.05. The molecule has 31 heavy (non-hydrogen) atoms. The second-order valence-corrected chi connectivity index (χ2v) is 9.73. The largest absolute Gasteiger partial charge is 0.352 e. The van der Waals surface area contributed by atoms with E-state index in [1.54, 1.807) is 40.6 Å². The molecular formula is C20H22N6O3S2. The van der Waals surface area contributed by atoms with Crippen LogP contribution in [0.5, 0.6) is 0 Å². The summed E-state index contributed by atoms with van der Waals surface area (Å²) in [5, 5.41) is 7.94. The molecule has 3 N–H and O–H groups in total. The maximum Gasteiger partial charge on any atom is 0.317 e. The molecule has 3 heterocycles. The van der Waals surface area contributed by atoms with Crippen molar-refractivity contribution in [1.29, 1.82) is 0 Å². The minimum atomic E-state index is -3.38. The molecule has 2 aromatic heterocycles. The summed E-state index contributed by atoms with van der Waals surface area (Å²) in [6.45, 7) is 2.45. The monoisotopic (exact) mass is 458 g/mol. The zero-order valence-electron chi connectivity index (χ0n) is 16.8. The number of carbonyl (C=O) groups excluding carboxylic acids is 1. The second-order valence-electron chi connectivity index (χ2n) is 7.03. The Morgan fingerprint density at radius 2 is 2.13 bits per heavy atom. The molecule has 9 nitrogen and oxygen atoms in total. The van der Waals surface area contributed by atoms with Crippen LogP contribution in [0, 0.1) is 0 Å². The van der Waals surface area contributed by atoms with Crippen molar-refractivity contribution in [1.82, 2.24) is 20.2 Å². The molecule has 1 fully saturated rings. The van der Waals surface area contributed by atoms with Crippen molar-refractivity contribution in [3.05, 3.63) is 48.0 Å². The summed E-state index contributed by atoms with van der Waals surface area (Å²) in [5.74, 6) is 0.470. The quantitative estimate of drug-likeness (QED) is 0.478. The first-order chi connectivity index (χ1) is 14.9.